The predicted octanol–water partition coefficient (Wildman–Crippen LogP) is -0.973. The molecule has 2 aliphatic carbocycles. The first-order chi connectivity index (χ1) is 9.70. The molecule has 3 rings (SSSR count). The highest BCUT2D eigenvalue weighted by atomic mass is 16.2. The number of hydrogen-bond donors (Lipinski definition) is 3. The first kappa shape index (κ1) is 13.5. The lowest BCUT2D eigenvalue weighted by Crippen LogP contribution is -2.43. The number of Topliss-reactive ketones (excluding diaryl/α,β-unsaturated/α-hetero) is 2. The van der Waals surface area contributed by atoms with Gasteiger partial charge in [-0.3, -0.25) is 24.5 Å². The quantitative estimate of drug-likeness (QED) is 0.560. The van der Waals surface area contributed by atoms with Gasteiger partial charge in [0.1, 0.15) is 10.8 Å². The van der Waals surface area contributed by atoms with E-state index in [-0.39, 0.29) is 46.9 Å². The van der Waals surface area contributed by atoms with Gasteiger partial charge in [0.25, 0.3) is 0 Å². The number of amides is 2. The maximum Gasteiger partial charge on any atom is 0.240 e. The highest BCUT2D eigenvalue weighted by molar-refractivity contribution is 6.18. The van der Waals surface area contributed by atoms with E-state index in [1.807, 2.05) is 0 Å². The van der Waals surface area contributed by atoms with Gasteiger partial charge in [0.15, 0.2) is 11.6 Å². The monoisotopic (exact) mass is 289 g/mol. The van der Waals surface area contributed by atoms with Crippen molar-refractivity contribution < 1.29 is 19.2 Å². The Morgan fingerprint density at radius 3 is 1.52 bits per heavy atom. The van der Waals surface area contributed by atoms with E-state index >= 15 is 0 Å². The highest BCUT2D eigenvalue weighted by Crippen LogP contribution is 2.67. The van der Waals surface area contributed by atoms with Crippen LogP contribution >= 0.6 is 0 Å². The Bertz CT molecular complexity index is 658. The Morgan fingerprint density at radius 2 is 1.24 bits per heavy atom. The van der Waals surface area contributed by atoms with Crippen molar-refractivity contribution in [1.29, 1.82) is 0 Å². The fourth-order valence-corrected chi connectivity index (χ4v) is 3.93. The number of carbonyl (C=O) groups is 4. The summed E-state index contributed by atoms with van der Waals surface area (Å²) in [6.45, 7) is 2.67. The number of allylic oxidation sites excluding steroid dienone is 2. The molecule has 1 fully saturated rings. The first-order valence-electron chi connectivity index (χ1n) is 6.56. The summed E-state index contributed by atoms with van der Waals surface area (Å²) in [6, 6.07) is 0. The van der Waals surface area contributed by atoms with Crippen LogP contribution in [0, 0.1) is 10.8 Å². The molecule has 0 saturated carbocycles. The molecule has 0 aromatic carbocycles. The summed E-state index contributed by atoms with van der Waals surface area (Å²) in [6.07, 6.45) is -0.0668. The molecule has 7 heteroatoms. The van der Waals surface area contributed by atoms with Crippen LogP contribution in [0.2, 0.25) is 0 Å². The minimum absolute atomic E-state index is 0.0334. The molecule has 21 heavy (non-hydrogen) atoms. The summed E-state index contributed by atoms with van der Waals surface area (Å²) in [5.74, 6) is -1.75. The number of rotatable bonds is 2. The van der Waals surface area contributed by atoms with Gasteiger partial charge in [-0.05, 0) is 26.7 Å². The normalized spacial score (nSPS) is 34.2. The molecule has 0 radical (unpaired) electrons. The molecular weight excluding hydrogens is 274 g/mol. The molecule has 7 nitrogen and oxygen atoms in total. The van der Waals surface area contributed by atoms with Crippen molar-refractivity contribution >= 4 is 23.4 Å². The second kappa shape index (κ2) is 3.60. The van der Waals surface area contributed by atoms with Gasteiger partial charge < -0.3 is 11.5 Å². The molecule has 3 aliphatic rings. The van der Waals surface area contributed by atoms with Crippen LogP contribution in [0.1, 0.15) is 26.7 Å². The van der Waals surface area contributed by atoms with Crippen molar-refractivity contribution in [1.82, 2.24) is 5.32 Å². The predicted molar refractivity (Wildman–Crippen MR) is 71.0 cm³/mol. The van der Waals surface area contributed by atoms with E-state index in [1.165, 1.54) is 13.8 Å². The van der Waals surface area contributed by atoms with Gasteiger partial charge in [0, 0.05) is 22.5 Å². The molecular formula is C14H15N3O4. The first-order valence-corrected chi connectivity index (χ1v) is 6.56. The Balaban J connectivity index is 2.33. The zero-order chi connectivity index (χ0) is 15.7. The van der Waals surface area contributed by atoms with Crippen LogP contribution < -0.4 is 16.8 Å². The van der Waals surface area contributed by atoms with E-state index in [0.29, 0.717) is 0 Å². The lowest BCUT2D eigenvalue weighted by Gasteiger charge is -2.31. The van der Waals surface area contributed by atoms with E-state index in [0.717, 1.165) is 0 Å². The van der Waals surface area contributed by atoms with Crippen LogP contribution in [0.15, 0.2) is 22.5 Å². The van der Waals surface area contributed by atoms with E-state index in [4.69, 9.17) is 11.5 Å². The molecule has 1 aliphatic heterocycles. The fourth-order valence-electron chi connectivity index (χ4n) is 3.93. The van der Waals surface area contributed by atoms with Gasteiger partial charge in [-0.2, -0.15) is 0 Å². The van der Waals surface area contributed by atoms with Crippen molar-refractivity contribution in [2.45, 2.75) is 26.7 Å². The smallest absolute Gasteiger partial charge is 0.240 e. The van der Waals surface area contributed by atoms with Crippen molar-refractivity contribution in [3.8, 4) is 0 Å². The van der Waals surface area contributed by atoms with Gasteiger partial charge in [-0.25, -0.2) is 0 Å². The van der Waals surface area contributed by atoms with Crippen molar-refractivity contribution in [3.63, 3.8) is 0 Å². The topological polar surface area (TPSA) is 132 Å². The third-order valence-electron chi connectivity index (χ3n) is 5.03. The van der Waals surface area contributed by atoms with Gasteiger partial charge in [-0.1, -0.05) is 0 Å². The Labute approximate surface area is 120 Å². The summed E-state index contributed by atoms with van der Waals surface area (Å²) >= 11 is 0. The molecule has 5 N–H and O–H groups in total. The third kappa shape index (κ3) is 1.16. The summed E-state index contributed by atoms with van der Waals surface area (Å²) < 4.78 is 0. The SMILES string of the molecule is CC(=O)C1=C(N)C23CC(C(C)=O)=C(N)C2(C1)C(=O)NC3=O. The zero-order valence-electron chi connectivity index (χ0n) is 11.7. The molecule has 2 atom stereocenters. The van der Waals surface area contributed by atoms with Gasteiger partial charge in [-0.15, -0.1) is 0 Å². The standard InChI is InChI=1S/C14H15N3O4/c1-5(18)7-3-13-10(16)8(6(2)19)4-14(13,9(7)15)12(21)17-11(13)20/h3-4,15-16H2,1-2H3,(H,17,20,21). The van der Waals surface area contributed by atoms with E-state index in [1.54, 1.807) is 0 Å². The van der Waals surface area contributed by atoms with Crippen LogP contribution in [-0.4, -0.2) is 23.4 Å². The zero-order valence-corrected chi connectivity index (χ0v) is 11.7. The van der Waals surface area contributed by atoms with Crippen LogP contribution in [0.4, 0.5) is 0 Å². The van der Waals surface area contributed by atoms with Crippen LogP contribution in [0.25, 0.3) is 0 Å². The lowest BCUT2D eigenvalue weighted by atomic mass is 9.67. The minimum Gasteiger partial charge on any atom is -0.401 e. The highest BCUT2D eigenvalue weighted by Gasteiger charge is 2.76. The second-order valence-corrected chi connectivity index (χ2v) is 5.84. The Hall–Kier alpha value is -2.44. The van der Waals surface area contributed by atoms with Crippen LogP contribution in [0.5, 0.6) is 0 Å². The summed E-state index contributed by atoms with van der Waals surface area (Å²) in [4.78, 5) is 48.3. The number of imide groups is 1. The second-order valence-electron chi connectivity index (χ2n) is 5.84. The largest absolute Gasteiger partial charge is 0.401 e. The molecule has 2 amide bonds. The number of hydrogen-bond acceptors (Lipinski definition) is 6. The van der Waals surface area contributed by atoms with Crippen molar-refractivity contribution in [2.24, 2.45) is 22.3 Å². The van der Waals surface area contributed by atoms with Crippen LogP contribution in [0.3, 0.4) is 0 Å². The van der Waals surface area contributed by atoms with Crippen molar-refractivity contribution in [2.75, 3.05) is 0 Å². The molecule has 1 heterocycles. The molecule has 1 saturated heterocycles. The number of carbonyl (C=O) groups excluding carboxylic acids is 4. The fraction of sp³-hybridized carbons (Fsp3) is 0.429. The van der Waals surface area contributed by atoms with E-state index < -0.39 is 22.6 Å². The average molecular weight is 289 g/mol. The molecule has 0 bridgehead atoms. The summed E-state index contributed by atoms with van der Waals surface area (Å²) in [7, 11) is 0. The minimum atomic E-state index is -1.42. The number of nitrogens with two attached hydrogens (primary N) is 2. The lowest BCUT2D eigenvalue weighted by molar-refractivity contribution is -0.127. The van der Waals surface area contributed by atoms with Gasteiger partial charge in [0.2, 0.25) is 11.8 Å². The van der Waals surface area contributed by atoms with Gasteiger partial charge in [0.05, 0.1) is 0 Å². The third-order valence-corrected chi connectivity index (χ3v) is 5.03. The summed E-state index contributed by atoms with van der Waals surface area (Å²) in [5, 5.41) is 2.25. The molecule has 0 aromatic rings. The number of ketones is 2. The number of nitrogens with one attached hydrogen (secondary N) is 1. The van der Waals surface area contributed by atoms with Crippen molar-refractivity contribution in [3.05, 3.63) is 22.5 Å². The molecule has 0 spiro atoms. The summed E-state index contributed by atoms with van der Waals surface area (Å²) in [5.41, 5.74) is 9.93. The molecule has 2 unspecified atom stereocenters. The molecule has 0 aromatic heterocycles. The Kier molecular flexibility index (Phi) is 2.32. The Morgan fingerprint density at radius 1 is 0.905 bits per heavy atom. The molecule has 110 valence electrons. The van der Waals surface area contributed by atoms with Crippen LogP contribution in [-0.2, 0) is 19.2 Å². The van der Waals surface area contributed by atoms with E-state index in [2.05, 4.69) is 5.32 Å². The van der Waals surface area contributed by atoms with E-state index in [9.17, 15) is 19.2 Å². The maximum atomic E-state index is 12.4. The average Bonchev–Trinajstić information content (AvgIpc) is 2.89. The van der Waals surface area contributed by atoms with Gasteiger partial charge >= 0.3 is 0 Å². The maximum absolute atomic E-state index is 12.4.